The molecule has 0 spiro atoms. The molecule has 0 atom stereocenters. The van der Waals surface area contributed by atoms with E-state index in [9.17, 15) is 19.2 Å². The fraction of sp³-hybridized carbons (Fsp3) is 0.200. The van der Waals surface area contributed by atoms with Crippen LogP contribution in [0.1, 0.15) is 31.8 Å². The third-order valence-electron chi connectivity index (χ3n) is 7.09. The number of anilines is 4. The molecular formula is C30H24Br4N4O4S2. The van der Waals surface area contributed by atoms with Crippen LogP contribution in [0.3, 0.4) is 0 Å². The molecule has 2 aromatic carbocycles. The first-order valence-corrected chi connectivity index (χ1v) is 17.9. The predicted octanol–water partition coefficient (Wildman–Crippen LogP) is 8.14. The molecule has 0 fully saturated rings. The summed E-state index contributed by atoms with van der Waals surface area (Å²) in [5, 5.41) is 3.90. The zero-order valence-corrected chi connectivity index (χ0v) is 31.8. The third-order valence-corrected chi connectivity index (χ3v) is 12.0. The van der Waals surface area contributed by atoms with Crippen LogP contribution in [0, 0.1) is 0 Å². The Bertz CT molecular complexity index is 1700. The summed E-state index contributed by atoms with van der Waals surface area (Å²) in [7, 11) is 7.44. The van der Waals surface area contributed by atoms with Gasteiger partial charge >= 0.3 is 0 Å². The number of fused-ring (bicyclic) bond motifs is 2. The van der Waals surface area contributed by atoms with Gasteiger partial charge in [0.1, 0.15) is 0 Å². The first-order valence-electron chi connectivity index (χ1n) is 13.0. The lowest BCUT2D eigenvalue weighted by Crippen LogP contribution is -2.29. The molecule has 0 radical (unpaired) electrons. The topological polar surface area (TPSA) is 81.2 Å². The molecule has 0 unspecified atom stereocenters. The standard InChI is InChI=1S/2C15H12Br2N2O2S/c2*1-18(2)10-4-3-9(16)12-11(10)13(20)15(21)19(12)7-8-5-6-22-14(8)17/h2*3-6H,7H2,1-2H3. The maximum atomic E-state index is 12.5. The van der Waals surface area contributed by atoms with Gasteiger partial charge in [0, 0.05) is 48.5 Å². The van der Waals surface area contributed by atoms with Gasteiger partial charge in [0.25, 0.3) is 23.4 Å². The van der Waals surface area contributed by atoms with Crippen molar-refractivity contribution in [3.8, 4) is 0 Å². The van der Waals surface area contributed by atoms with E-state index in [4.69, 9.17) is 0 Å². The van der Waals surface area contributed by atoms with E-state index >= 15 is 0 Å². The highest BCUT2D eigenvalue weighted by molar-refractivity contribution is 9.11. The number of benzene rings is 2. The second-order valence-electron chi connectivity index (χ2n) is 10.2. The zero-order valence-electron chi connectivity index (χ0n) is 23.8. The molecule has 4 aromatic rings. The minimum absolute atomic E-state index is 0.372. The van der Waals surface area contributed by atoms with Crippen LogP contribution in [0.15, 0.2) is 63.7 Å². The molecular weight excluding hydrogens is 864 g/mol. The highest BCUT2D eigenvalue weighted by Gasteiger charge is 2.41. The number of carbonyl (C=O) groups excluding carboxylic acids is 4. The van der Waals surface area contributed by atoms with Gasteiger partial charge in [0.05, 0.1) is 43.2 Å². The summed E-state index contributed by atoms with van der Waals surface area (Å²) in [6.45, 7) is 0.744. The average molecular weight is 888 g/mol. The molecule has 2 aliphatic heterocycles. The molecule has 0 bridgehead atoms. The Morgan fingerprint density at radius 1 is 0.591 bits per heavy atom. The molecule has 0 N–H and O–H groups in total. The second kappa shape index (κ2) is 13.2. The van der Waals surface area contributed by atoms with Crippen LogP contribution in [-0.4, -0.2) is 51.6 Å². The molecule has 2 amide bonds. The average Bonchev–Trinajstić information content (AvgIpc) is 3.70. The number of Topliss-reactive ketones (excluding diaryl/α,β-unsaturated/α-hetero) is 2. The number of nitrogens with zero attached hydrogens (tertiary/aromatic N) is 4. The maximum Gasteiger partial charge on any atom is 0.299 e. The summed E-state index contributed by atoms with van der Waals surface area (Å²) in [6.07, 6.45) is 0. The molecule has 4 heterocycles. The van der Waals surface area contributed by atoms with E-state index < -0.39 is 23.4 Å². The van der Waals surface area contributed by atoms with Crippen LogP contribution in [0.5, 0.6) is 0 Å². The molecule has 2 aliphatic rings. The summed E-state index contributed by atoms with van der Waals surface area (Å²) in [4.78, 5) is 56.6. The smallest absolute Gasteiger partial charge is 0.299 e. The number of carbonyl (C=O) groups is 4. The Morgan fingerprint density at radius 2 is 0.955 bits per heavy atom. The van der Waals surface area contributed by atoms with Crippen molar-refractivity contribution in [2.75, 3.05) is 47.8 Å². The third kappa shape index (κ3) is 5.96. The maximum absolute atomic E-state index is 12.5. The van der Waals surface area contributed by atoms with Crippen molar-refractivity contribution >= 4 is 133 Å². The van der Waals surface area contributed by atoms with Crippen molar-refractivity contribution in [3.63, 3.8) is 0 Å². The molecule has 14 heteroatoms. The largest absolute Gasteiger partial charge is 0.377 e. The lowest BCUT2D eigenvalue weighted by atomic mass is 10.1. The SMILES string of the molecule is CN(C)c1ccc(Br)c2c1C(=O)C(=O)N2Cc1ccsc1Br.CN(C)c1ccc(Br)c2c1C(=O)C(=O)N2Cc1ccsc1Br. The fourth-order valence-electron chi connectivity index (χ4n) is 5.00. The number of hydrogen-bond donors (Lipinski definition) is 0. The quantitative estimate of drug-likeness (QED) is 0.182. The molecule has 6 rings (SSSR count). The molecule has 0 saturated heterocycles. The first kappa shape index (κ1) is 33.0. The normalized spacial score (nSPS) is 13.7. The fourth-order valence-corrected chi connectivity index (χ4v) is 8.52. The Balaban J connectivity index is 0.000000175. The van der Waals surface area contributed by atoms with Crippen LogP contribution in [0.2, 0.25) is 0 Å². The van der Waals surface area contributed by atoms with E-state index in [0.29, 0.717) is 35.6 Å². The van der Waals surface area contributed by atoms with Gasteiger partial charge in [-0.15, -0.1) is 22.7 Å². The molecule has 0 aliphatic carbocycles. The lowest BCUT2D eigenvalue weighted by molar-refractivity contribution is -0.115. The van der Waals surface area contributed by atoms with Gasteiger partial charge in [-0.3, -0.25) is 29.0 Å². The summed E-state index contributed by atoms with van der Waals surface area (Å²) >= 11 is 17.0. The summed E-state index contributed by atoms with van der Waals surface area (Å²) in [5.41, 5.74) is 5.72. The van der Waals surface area contributed by atoms with E-state index in [-0.39, 0.29) is 0 Å². The van der Waals surface area contributed by atoms with Crippen molar-refractivity contribution in [2.24, 2.45) is 0 Å². The summed E-state index contributed by atoms with van der Waals surface area (Å²) in [5.74, 6) is -1.87. The highest BCUT2D eigenvalue weighted by atomic mass is 79.9. The van der Waals surface area contributed by atoms with Crippen LogP contribution in [-0.2, 0) is 22.7 Å². The van der Waals surface area contributed by atoms with E-state index in [1.807, 2.05) is 85.1 Å². The molecule has 8 nitrogen and oxygen atoms in total. The number of ketones is 2. The van der Waals surface area contributed by atoms with Crippen molar-refractivity contribution in [3.05, 3.63) is 85.9 Å². The van der Waals surface area contributed by atoms with E-state index in [1.54, 1.807) is 32.5 Å². The Kier molecular flexibility index (Phi) is 9.88. The number of hydrogen-bond acceptors (Lipinski definition) is 8. The lowest BCUT2D eigenvalue weighted by Gasteiger charge is -2.20. The highest BCUT2D eigenvalue weighted by Crippen LogP contribution is 2.44. The van der Waals surface area contributed by atoms with E-state index in [1.165, 1.54) is 0 Å². The van der Waals surface area contributed by atoms with Gasteiger partial charge in [-0.05, 0) is 122 Å². The van der Waals surface area contributed by atoms with Crippen molar-refractivity contribution in [1.82, 2.24) is 0 Å². The Hall–Kier alpha value is -2.36. The second-order valence-corrected chi connectivity index (χ2v) is 16.4. The number of thiophene rings is 2. The minimum atomic E-state index is -0.483. The van der Waals surface area contributed by atoms with Crippen molar-refractivity contribution < 1.29 is 19.2 Å². The number of rotatable bonds is 6. The molecule has 0 saturated carbocycles. The Labute approximate surface area is 296 Å². The van der Waals surface area contributed by atoms with Crippen LogP contribution < -0.4 is 19.6 Å². The van der Waals surface area contributed by atoms with Gasteiger partial charge in [0.15, 0.2) is 0 Å². The van der Waals surface area contributed by atoms with Crippen LogP contribution in [0.4, 0.5) is 22.7 Å². The van der Waals surface area contributed by atoms with Gasteiger partial charge in [-0.25, -0.2) is 0 Å². The van der Waals surface area contributed by atoms with Crippen LogP contribution >= 0.6 is 86.4 Å². The first-order chi connectivity index (χ1) is 20.8. The molecule has 2 aromatic heterocycles. The van der Waals surface area contributed by atoms with Gasteiger partial charge < -0.3 is 9.80 Å². The zero-order chi connectivity index (χ0) is 32.0. The van der Waals surface area contributed by atoms with Gasteiger partial charge in [-0.2, -0.15) is 0 Å². The molecule has 44 heavy (non-hydrogen) atoms. The van der Waals surface area contributed by atoms with Crippen molar-refractivity contribution in [1.29, 1.82) is 0 Å². The van der Waals surface area contributed by atoms with E-state index in [2.05, 4.69) is 63.7 Å². The van der Waals surface area contributed by atoms with Crippen molar-refractivity contribution in [2.45, 2.75) is 13.1 Å². The summed E-state index contributed by atoms with van der Waals surface area (Å²) in [6, 6.07) is 11.3. The monoisotopic (exact) mass is 884 g/mol. The van der Waals surface area contributed by atoms with Gasteiger partial charge in [0.2, 0.25) is 0 Å². The Morgan fingerprint density at radius 3 is 1.25 bits per heavy atom. The van der Waals surface area contributed by atoms with E-state index in [0.717, 1.165) is 39.0 Å². The van der Waals surface area contributed by atoms with Gasteiger partial charge in [-0.1, -0.05) is 0 Å². The molecule has 228 valence electrons. The number of amides is 2. The number of halogens is 4. The van der Waals surface area contributed by atoms with Crippen LogP contribution in [0.25, 0.3) is 0 Å². The minimum Gasteiger partial charge on any atom is -0.377 e. The summed E-state index contributed by atoms with van der Waals surface area (Å²) < 4.78 is 3.44. The predicted molar refractivity (Wildman–Crippen MR) is 192 cm³/mol.